The molecule has 2 amide bonds. The van der Waals surface area contributed by atoms with Gasteiger partial charge >= 0.3 is 0 Å². The molecule has 0 unspecified atom stereocenters. The van der Waals surface area contributed by atoms with E-state index < -0.39 is 11.8 Å². The van der Waals surface area contributed by atoms with Gasteiger partial charge in [-0.1, -0.05) is 18.2 Å². The zero-order valence-electron chi connectivity index (χ0n) is 18.0. The van der Waals surface area contributed by atoms with Gasteiger partial charge in [-0.2, -0.15) is 0 Å². The van der Waals surface area contributed by atoms with Gasteiger partial charge in [-0.05, 0) is 72.3 Å². The zero-order valence-corrected chi connectivity index (χ0v) is 18.0. The van der Waals surface area contributed by atoms with Crippen molar-refractivity contribution < 1.29 is 18.7 Å². The predicted octanol–water partition coefficient (Wildman–Crippen LogP) is 4.55. The lowest BCUT2D eigenvalue weighted by molar-refractivity contribution is -0.117. The van der Waals surface area contributed by atoms with Crippen molar-refractivity contribution in [1.82, 2.24) is 4.98 Å². The fourth-order valence-corrected chi connectivity index (χ4v) is 3.35. The molecule has 3 aromatic carbocycles. The van der Waals surface area contributed by atoms with Crippen LogP contribution < -0.4 is 21.5 Å². The lowest BCUT2D eigenvalue weighted by Crippen LogP contribution is -2.15. The molecule has 0 aliphatic rings. The number of nitrogens with one attached hydrogen (secondary N) is 1. The lowest BCUT2D eigenvalue weighted by Gasteiger charge is -2.13. The number of carbonyl (C=O) groups excluding carboxylic acids is 2. The van der Waals surface area contributed by atoms with Crippen LogP contribution in [0.15, 0.2) is 84.9 Å². The molecule has 0 fully saturated rings. The van der Waals surface area contributed by atoms with Crippen LogP contribution in [0.25, 0.3) is 11.3 Å². The van der Waals surface area contributed by atoms with Crippen molar-refractivity contribution >= 4 is 23.2 Å². The summed E-state index contributed by atoms with van der Waals surface area (Å²) in [6.07, 6.45) is 0.0688. The second-order valence-electron chi connectivity index (χ2n) is 7.50. The van der Waals surface area contributed by atoms with Crippen LogP contribution in [-0.4, -0.2) is 16.8 Å². The summed E-state index contributed by atoms with van der Waals surface area (Å²) in [5.74, 6) is -0.411. The molecule has 8 heteroatoms. The first kappa shape index (κ1) is 22.5. The molecule has 0 spiro atoms. The van der Waals surface area contributed by atoms with Gasteiger partial charge < -0.3 is 21.5 Å². The number of nitrogens with zero attached hydrogens (tertiary/aromatic N) is 1. The summed E-state index contributed by atoms with van der Waals surface area (Å²) in [5.41, 5.74) is 14.1. The van der Waals surface area contributed by atoms with Gasteiger partial charge in [0.25, 0.3) is 5.91 Å². The van der Waals surface area contributed by atoms with Crippen molar-refractivity contribution in [2.24, 2.45) is 11.5 Å². The van der Waals surface area contributed by atoms with E-state index in [-0.39, 0.29) is 17.9 Å². The van der Waals surface area contributed by atoms with Crippen molar-refractivity contribution in [2.45, 2.75) is 6.42 Å². The van der Waals surface area contributed by atoms with Crippen LogP contribution >= 0.6 is 0 Å². The zero-order chi connectivity index (χ0) is 24.1. The average molecular weight is 456 g/mol. The lowest BCUT2D eigenvalue weighted by atomic mass is 10.1. The number of ether oxygens (including phenoxy) is 1. The Bertz CT molecular complexity index is 1340. The Balaban J connectivity index is 1.62. The highest BCUT2D eigenvalue weighted by Gasteiger charge is 2.12. The van der Waals surface area contributed by atoms with E-state index in [1.165, 1.54) is 24.3 Å². The predicted molar refractivity (Wildman–Crippen MR) is 127 cm³/mol. The summed E-state index contributed by atoms with van der Waals surface area (Å²) in [5, 5.41) is 3.22. The summed E-state index contributed by atoms with van der Waals surface area (Å²) >= 11 is 0. The number of amides is 2. The third-order valence-electron chi connectivity index (χ3n) is 4.94. The standard InChI is InChI=1S/C26H21FN4O3/c27-18-7-11-21(12-8-18)34-20-9-5-16(6-10-20)23-14-19(15-24(31-23)26(29)33)30-22-4-2-1-3-17(22)13-25(28)32/h1-12,14-15H,13H2,(H2,28,32)(H2,29,33)(H,30,31). The number of pyridine rings is 1. The number of benzene rings is 3. The van der Waals surface area contributed by atoms with Gasteiger partial charge in [0.1, 0.15) is 23.0 Å². The molecule has 0 saturated carbocycles. The maximum atomic E-state index is 13.1. The quantitative estimate of drug-likeness (QED) is 0.359. The molecule has 5 N–H and O–H groups in total. The van der Waals surface area contributed by atoms with Gasteiger partial charge in [-0.15, -0.1) is 0 Å². The highest BCUT2D eigenvalue weighted by Crippen LogP contribution is 2.29. The largest absolute Gasteiger partial charge is 0.457 e. The second kappa shape index (κ2) is 9.83. The van der Waals surface area contributed by atoms with E-state index >= 15 is 0 Å². The summed E-state index contributed by atoms with van der Waals surface area (Å²) in [7, 11) is 0. The molecule has 0 atom stereocenters. The van der Waals surface area contributed by atoms with Crippen molar-refractivity contribution in [2.75, 3.05) is 5.32 Å². The van der Waals surface area contributed by atoms with Gasteiger partial charge in [0.2, 0.25) is 5.91 Å². The Kier molecular flexibility index (Phi) is 6.49. The fourth-order valence-electron chi connectivity index (χ4n) is 3.35. The summed E-state index contributed by atoms with van der Waals surface area (Å²) in [4.78, 5) is 27.7. The molecular formula is C26H21FN4O3. The number of hydrogen-bond acceptors (Lipinski definition) is 5. The Morgan fingerprint density at radius 3 is 2.18 bits per heavy atom. The number of anilines is 2. The molecule has 7 nitrogen and oxygen atoms in total. The van der Waals surface area contributed by atoms with Crippen LogP contribution in [0.1, 0.15) is 16.1 Å². The van der Waals surface area contributed by atoms with E-state index in [0.717, 1.165) is 11.1 Å². The second-order valence-corrected chi connectivity index (χ2v) is 7.50. The number of hydrogen-bond donors (Lipinski definition) is 3. The number of para-hydroxylation sites is 1. The molecule has 4 rings (SSSR count). The third-order valence-corrected chi connectivity index (χ3v) is 4.94. The van der Waals surface area contributed by atoms with Crippen LogP contribution in [0, 0.1) is 5.82 Å². The van der Waals surface area contributed by atoms with Crippen molar-refractivity contribution in [3.8, 4) is 22.8 Å². The normalized spacial score (nSPS) is 10.5. The van der Waals surface area contributed by atoms with E-state index in [9.17, 15) is 14.0 Å². The summed E-state index contributed by atoms with van der Waals surface area (Å²) in [6, 6.07) is 23.3. The number of halogens is 1. The fraction of sp³-hybridized carbons (Fsp3) is 0.0385. The van der Waals surface area contributed by atoms with Gasteiger partial charge in [-0.3, -0.25) is 9.59 Å². The van der Waals surface area contributed by atoms with E-state index in [1.54, 1.807) is 42.5 Å². The minimum Gasteiger partial charge on any atom is -0.457 e. The Hall–Kier alpha value is -4.72. The Morgan fingerprint density at radius 2 is 1.53 bits per heavy atom. The third kappa shape index (κ3) is 5.55. The minimum absolute atomic E-state index is 0.0688. The van der Waals surface area contributed by atoms with E-state index in [0.29, 0.717) is 28.6 Å². The molecule has 170 valence electrons. The molecule has 0 bridgehead atoms. The molecule has 0 radical (unpaired) electrons. The molecule has 34 heavy (non-hydrogen) atoms. The maximum Gasteiger partial charge on any atom is 0.267 e. The molecule has 0 saturated heterocycles. The highest BCUT2D eigenvalue weighted by atomic mass is 19.1. The topological polar surface area (TPSA) is 120 Å². The first-order valence-electron chi connectivity index (χ1n) is 10.4. The number of nitrogens with two attached hydrogens (primary N) is 2. The van der Waals surface area contributed by atoms with Crippen LogP contribution in [0.4, 0.5) is 15.8 Å². The average Bonchev–Trinajstić information content (AvgIpc) is 2.82. The van der Waals surface area contributed by atoms with E-state index in [1.807, 2.05) is 18.2 Å². The molecule has 1 aromatic heterocycles. The van der Waals surface area contributed by atoms with Crippen molar-refractivity contribution in [3.05, 3.63) is 102 Å². The van der Waals surface area contributed by atoms with Gasteiger partial charge in [0, 0.05) is 16.9 Å². The monoisotopic (exact) mass is 456 g/mol. The van der Waals surface area contributed by atoms with Gasteiger partial charge in [0.05, 0.1) is 12.1 Å². The smallest absolute Gasteiger partial charge is 0.267 e. The van der Waals surface area contributed by atoms with Crippen molar-refractivity contribution in [3.63, 3.8) is 0 Å². The van der Waals surface area contributed by atoms with Crippen LogP contribution in [0.5, 0.6) is 11.5 Å². The SMILES string of the molecule is NC(=O)Cc1ccccc1Nc1cc(C(N)=O)nc(-c2ccc(Oc3ccc(F)cc3)cc2)c1. The number of rotatable bonds is 8. The van der Waals surface area contributed by atoms with E-state index in [4.69, 9.17) is 16.2 Å². The molecule has 4 aromatic rings. The Labute approximate surface area is 195 Å². The summed E-state index contributed by atoms with van der Waals surface area (Å²) in [6.45, 7) is 0. The summed E-state index contributed by atoms with van der Waals surface area (Å²) < 4.78 is 18.8. The minimum atomic E-state index is -0.674. The van der Waals surface area contributed by atoms with Gasteiger partial charge in [-0.25, -0.2) is 9.37 Å². The molecular weight excluding hydrogens is 435 g/mol. The first-order valence-corrected chi connectivity index (χ1v) is 10.4. The number of carbonyl (C=O) groups is 2. The van der Waals surface area contributed by atoms with Gasteiger partial charge in [0.15, 0.2) is 0 Å². The van der Waals surface area contributed by atoms with Crippen LogP contribution in [0.3, 0.4) is 0 Å². The number of primary amides is 2. The van der Waals surface area contributed by atoms with E-state index in [2.05, 4.69) is 10.3 Å². The molecule has 0 aliphatic carbocycles. The highest BCUT2D eigenvalue weighted by molar-refractivity contribution is 5.93. The molecule has 1 heterocycles. The first-order chi connectivity index (χ1) is 16.4. The molecule has 0 aliphatic heterocycles. The Morgan fingerprint density at radius 1 is 0.882 bits per heavy atom. The van der Waals surface area contributed by atoms with Crippen LogP contribution in [-0.2, 0) is 11.2 Å². The number of aromatic nitrogens is 1. The van der Waals surface area contributed by atoms with Crippen molar-refractivity contribution in [1.29, 1.82) is 0 Å². The maximum absolute atomic E-state index is 13.1. The van der Waals surface area contributed by atoms with Crippen LogP contribution in [0.2, 0.25) is 0 Å².